The Bertz CT molecular complexity index is 551. The standard InChI is InChI=1S/C11H10N2O6/c1-19-11(16)10(15)9(14)7-3-2-6(5-12)4-8(7)13(17)18/h2-4,9-10,14-15H,1H3. The molecule has 1 aromatic rings. The summed E-state index contributed by atoms with van der Waals surface area (Å²) in [7, 11) is 1.01. The lowest BCUT2D eigenvalue weighted by molar-refractivity contribution is -0.386. The first-order valence-electron chi connectivity index (χ1n) is 5.04. The topological polar surface area (TPSA) is 134 Å². The quantitative estimate of drug-likeness (QED) is 0.446. The zero-order valence-corrected chi connectivity index (χ0v) is 9.81. The van der Waals surface area contributed by atoms with E-state index < -0.39 is 28.8 Å². The molecule has 0 radical (unpaired) electrons. The number of hydrogen-bond acceptors (Lipinski definition) is 7. The Hall–Kier alpha value is -2.50. The van der Waals surface area contributed by atoms with E-state index in [1.807, 2.05) is 0 Å². The van der Waals surface area contributed by atoms with Gasteiger partial charge < -0.3 is 14.9 Å². The van der Waals surface area contributed by atoms with Crippen molar-refractivity contribution in [2.45, 2.75) is 12.2 Å². The Morgan fingerprint density at radius 1 is 1.53 bits per heavy atom. The fraction of sp³-hybridized carbons (Fsp3) is 0.273. The maximum Gasteiger partial charge on any atom is 0.337 e. The smallest absolute Gasteiger partial charge is 0.337 e. The molecule has 0 aliphatic carbocycles. The second-order valence-corrected chi connectivity index (χ2v) is 3.56. The van der Waals surface area contributed by atoms with Crippen LogP contribution in [0.15, 0.2) is 18.2 Å². The molecule has 0 heterocycles. The van der Waals surface area contributed by atoms with E-state index >= 15 is 0 Å². The molecule has 0 spiro atoms. The summed E-state index contributed by atoms with van der Waals surface area (Å²) in [6.45, 7) is 0. The summed E-state index contributed by atoms with van der Waals surface area (Å²) in [5, 5.41) is 38.7. The Morgan fingerprint density at radius 2 is 2.16 bits per heavy atom. The van der Waals surface area contributed by atoms with E-state index in [-0.39, 0.29) is 11.1 Å². The SMILES string of the molecule is COC(=O)C(O)C(O)c1ccc(C#N)cc1[N+](=O)[O-]. The first-order chi connectivity index (χ1) is 8.92. The molecular formula is C11H10N2O6. The highest BCUT2D eigenvalue weighted by atomic mass is 16.6. The predicted octanol–water partition coefficient (Wildman–Crippen LogP) is 0.0338. The van der Waals surface area contributed by atoms with Crippen molar-refractivity contribution in [3.63, 3.8) is 0 Å². The molecule has 8 heteroatoms. The highest BCUT2D eigenvalue weighted by Crippen LogP contribution is 2.28. The number of aliphatic hydroxyl groups is 2. The van der Waals surface area contributed by atoms with Gasteiger partial charge in [-0.15, -0.1) is 0 Å². The molecule has 8 nitrogen and oxygen atoms in total. The minimum atomic E-state index is -1.95. The average Bonchev–Trinajstić information content (AvgIpc) is 2.43. The largest absolute Gasteiger partial charge is 0.467 e. The molecular weight excluding hydrogens is 256 g/mol. The molecule has 0 aromatic heterocycles. The Kier molecular flexibility index (Phi) is 4.52. The molecule has 0 amide bonds. The van der Waals surface area contributed by atoms with Crippen LogP contribution in [0.2, 0.25) is 0 Å². The predicted molar refractivity (Wildman–Crippen MR) is 60.8 cm³/mol. The summed E-state index contributed by atoms with van der Waals surface area (Å²) < 4.78 is 4.23. The minimum absolute atomic E-state index is 0.0233. The molecule has 1 rings (SSSR count). The molecule has 2 unspecified atom stereocenters. The summed E-state index contributed by atoms with van der Waals surface area (Å²) in [6.07, 6.45) is -3.77. The minimum Gasteiger partial charge on any atom is -0.467 e. The van der Waals surface area contributed by atoms with Crippen molar-refractivity contribution in [2.24, 2.45) is 0 Å². The van der Waals surface area contributed by atoms with Gasteiger partial charge in [-0.3, -0.25) is 10.1 Å². The van der Waals surface area contributed by atoms with Crippen molar-refractivity contribution < 1.29 is 24.7 Å². The van der Waals surface area contributed by atoms with E-state index in [4.69, 9.17) is 5.26 Å². The van der Waals surface area contributed by atoms with Gasteiger partial charge >= 0.3 is 5.97 Å². The van der Waals surface area contributed by atoms with Gasteiger partial charge in [0, 0.05) is 6.07 Å². The van der Waals surface area contributed by atoms with Gasteiger partial charge in [0.2, 0.25) is 0 Å². The maximum atomic E-state index is 11.1. The van der Waals surface area contributed by atoms with Gasteiger partial charge in [0.25, 0.3) is 5.69 Å². The number of ether oxygens (including phenoxy) is 1. The number of carbonyl (C=O) groups is 1. The number of esters is 1. The van der Waals surface area contributed by atoms with Crippen molar-refractivity contribution in [1.82, 2.24) is 0 Å². The van der Waals surface area contributed by atoms with Crippen LogP contribution in [0, 0.1) is 21.4 Å². The number of carbonyl (C=O) groups excluding carboxylic acids is 1. The molecule has 0 bridgehead atoms. The molecule has 100 valence electrons. The number of nitro groups is 1. The van der Waals surface area contributed by atoms with Gasteiger partial charge in [-0.1, -0.05) is 0 Å². The molecule has 2 N–H and O–H groups in total. The van der Waals surface area contributed by atoms with Gasteiger partial charge in [-0.2, -0.15) is 5.26 Å². The van der Waals surface area contributed by atoms with E-state index in [0.717, 1.165) is 19.2 Å². The summed E-state index contributed by atoms with van der Waals surface area (Å²) in [5.74, 6) is -1.12. The van der Waals surface area contributed by atoms with Crippen LogP contribution in [0.4, 0.5) is 5.69 Å². The van der Waals surface area contributed by atoms with Gasteiger partial charge in [0.1, 0.15) is 6.10 Å². The van der Waals surface area contributed by atoms with Crippen LogP contribution in [0.1, 0.15) is 17.2 Å². The lowest BCUT2D eigenvalue weighted by Crippen LogP contribution is -2.29. The van der Waals surface area contributed by atoms with Crippen molar-refractivity contribution in [3.8, 4) is 6.07 Å². The van der Waals surface area contributed by atoms with Gasteiger partial charge in [0.05, 0.1) is 29.2 Å². The second kappa shape index (κ2) is 5.90. The monoisotopic (exact) mass is 266 g/mol. The number of nitro benzene ring substituents is 1. The third kappa shape index (κ3) is 3.04. The molecule has 19 heavy (non-hydrogen) atoms. The van der Waals surface area contributed by atoms with Crippen LogP contribution >= 0.6 is 0 Å². The fourth-order valence-corrected chi connectivity index (χ4v) is 1.44. The van der Waals surface area contributed by atoms with Crippen LogP contribution in [0.5, 0.6) is 0 Å². The molecule has 0 saturated heterocycles. The van der Waals surface area contributed by atoms with Gasteiger partial charge in [0.15, 0.2) is 6.10 Å². The number of rotatable bonds is 4. The number of nitriles is 1. The Labute approximate surface area is 107 Å². The molecule has 2 atom stereocenters. The normalized spacial score (nSPS) is 13.2. The Balaban J connectivity index is 3.23. The lowest BCUT2D eigenvalue weighted by Gasteiger charge is -2.15. The van der Waals surface area contributed by atoms with E-state index in [9.17, 15) is 25.1 Å². The number of benzene rings is 1. The number of aliphatic hydroxyl groups excluding tert-OH is 2. The van der Waals surface area contributed by atoms with Gasteiger partial charge in [-0.25, -0.2) is 4.79 Å². The van der Waals surface area contributed by atoms with Crippen LogP contribution in [-0.2, 0) is 9.53 Å². The van der Waals surface area contributed by atoms with Crippen molar-refractivity contribution >= 4 is 11.7 Å². The molecule has 0 aliphatic heterocycles. The van der Waals surface area contributed by atoms with Crippen LogP contribution in [0.25, 0.3) is 0 Å². The number of hydrogen-bond donors (Lipinski definition) is 2. The third-order valence-corrected chi connectivity index (χ3v) is 2.42. The second-order valence-electron chi connectivity index (χ2n) is 3.56. The van der Waals surface area contributed by atoms with Crippen LogP contribution in [0.3, 0.4) is 0 Å². The molecule has 0 aliphatic rings. The number of methoxy groups -OCH3 is 1. The van der Waals surface area contributed by atoms with E-state index in [1.54, 1.807) is 6.07 Å². The first kappa shape index (κ1) is 14.6. The first-order valence-corrected chi connectivity index (χ1v) is 5.04. The van der Waals surface area contributed by atoms with Gasteiger partial charge in [-0.05, 0) is 12.1 Å². The lowest BCUT2D eigenvalue weighted by atomic mass is 10.0. The van der Waals surface area contributed by atoms with Crippen LogP contribution in [-0.4, -0.2) is 34.3 Å². The fourth-order valence-electron chi connectivity index (χ4n) is 1.44. The van der Waals surface area contributed by atoms with E-state index in [0.29, 0.717) is 0 Å². The molecule has 0 fully saturated rings. The molecule has 1 aromatic carbocycles. The average molecular weight is 266 g/mol. The van der Waals surface area contributed by atoms with Crippen molar-refractivity contribution in [3.05, 3.63) is 39.4 Å². The number of nitrogens with zero attached hydrogens (tertiary/aromatic N) is 2. The highest BCUT2D eigenvalue weighted by Gasteiger charge is 2.31. The Morgan fingerprint density at radius 3 is 2.63 bits per heavy atom. The van der Waals surface area contributed by atoms with E-state index in [2.05, 4.69) is 4.74 Å². The maximum absolute atomic E-state index is 11.1. The summed E-state index contributed by atoms with van der Waals surface area (Å²) in [5.41, 5.74) is -0.813. The van der Waals surface area contributed by atoms with Crippen molar-refractivity contribution in [1.29, 1.82) is 5.26 Å². The zero-order valence-electron chi connectivity index (χ0n) is 9.81. The highest BCUT2D eigenvalue weighted by molar-refractivity contribution is 5.75. The van der Waals surface area contributed by atoms with E-state index in [1.165, 1.54) is 6.07 Å². The van der Waals surface area contributed by atoms with Crippen molar-refractivity contribution in [2.75, 3.05) is 7.11 Å². The summed E-state index contributed by atoms with van der Waals surface area (Å²) >= 11 is 0. The summed E-state index contributed by atoms with van der Waals surface area (Å²) in [4.78, 5) is 21.1. The summed E-state index contributed by atoms with van der Waals surface area (Å²) in [6, 6.07) is 4.99. The van der Waals surface area contributed by atoms with Crippen LogP contribution < -0.4 is 0 Å². The zero-order chi connectivity index (χ0) is 14.6. The molecule has 0 saturated carbocycles. The third-order valence-electron chi connectivity index (χ3n) is 2.42.